The molecule has 122 valence electrons. The number of hydrogen-bond donors (Lipinski definition) is 0. The van der Waals surface area contributed by atoms with Gasteiger partial charge in [0.1, 0.15) is 11.3 Å². The average Bonchev–Trinajstić information content (AvgIpc) is 3.07. The van der Waals surface area contributed by atoms with Crippen molar-refractivity contribution >= 4 is 16.9 Å². The molecule has 0 unspecified atom stereocenters. The van der Waals surface area contributed by atoms with Crippen LogP contribution in [0.25, 0.3) is 11.0 Å². The van der Waals surface area contributed by atoms with Crippen LogP contribution in [0.1, 0.15) is 21.7 Å². The molecule has 2 aromatic heterocycles. The highest BCUT2D eigenvalue weighted by Crippen LogP contribution is 2.25. The molecule has 1 aliphatic heterocycles. The van der Waals surface area contributed by atoms with Gasteiger partial charge < -0.3 is 18.6 Å². The first-order valence-electron chi connectivity index (χ1n) is 7.50. The Kier molecular flexibility index (Phi) is 3.34. The predicted molar refractivity (Wildman–Crippen MR) is 84.0 cm³/mol. The minimum atomic E-state index is -0.673. The summed E-state index contributed by atoms with van der Waals surface area (Å²) in [6.45, 7) is 0.837. The number of hydrogen-bond acceptors (Lipinski definition) is 6. The van der Waals surface area contributed by atoms with E-state index in [1.54, 1.807) is 35.4 Å². The SMILES string of the molecule is COc1cccc2cc(C(=O)N3CCc4oncc4C3)c(=O)oc12. The maximum Gasteiger partial charge on any atom is 0.349 e. The van der Waals surface area contributed by atoms with Gasteiger partial charge in [-0.3, -0.25) is 4.79 Å². The number of rotatable bonds is 2. The molecule has 3 heterocycles. The molecule has 0 atom stereocenters. The fourth-order valence-corrected chi connectivity index (χ4v) is 2.91. The topological polar surface area (TPSA) is 85.8 Å². The number of carbonyl (C=O) groups is 1. The standard InChI is InChI=1S/C17H14N2O5/c1-22-14-4-2-3-10-7-12(17(21)23-15(10)14)16(20)19-6-5-13-11(9-19)8-18-24-13/h2-4,7-8H,5-6,9H2,1H3. The smallest absolute Gasteiger partial charge is 0.349 e. The Bertz CT molecular complexity index is 988. The van der Waals surface area contributed by atoms with Gasteiger partial charge in [0, 0.05) is 23.9 Å². The van der Waals surface area contributed by atoms with Crippen molar-refractivity contribution in [2.24, 2.45) is 0 Å². The van der Waals surface area contributed by atoms with E-state index in [1.165, 1.54) is 7.11 Å². The van der Waals surface area contributed by atoms with Crippen LogP contribution >= 0.6 is 0 Å². The van der Waals surface area contributed by atoms with E-state index in [4.69, 9.17) is 13.7 Å². The van der Waals surface area contributed by atoms with Crippen molar-refractivity contribution < 1.29 is 18.5 Å². The van der Waals surface area contributed by atoms with Crippen LogP contribution in [0.5, 0.6) is 5.75 Å². The second-order valence-electron chi connectivity index (χ2n) is 5.58. The van der Waals surface area contributed by atoms with Gasteiger partial charge in [-0.1, -0.05) is 17.3 Å². The quantitative estimate of drug-likeness (QED) is 0.670. The van der Waals surface area contributed by atoms with Gasteiger partial charge >= 0.3 is 5.63 Å². The third-order valence-corrected chi connectivity index (χ3v) is 4.16. The Morgan fingerprint density at radius 2 is 2.25 bits per heavy atom. The van der Waals surface area contributed by atoms with E-state index >= 15 is 0 Å². The molecule has 0 saturated heterocycles. The van der Waals surface area contributed by atoms with E-state index in [0.29, 0.717) is 36.2 Å². The van der Waals surface area contributed by atoms with E-state index in [-0.39, 0.29) is 11.5 Å². The fourth-order valence-electron chi connectivity index (χ4n) is 2.91. The Labute approximate surface area is 136 Å². The molecule has 24 heavy (non-hydrogen) atoms. The van der Waals surface area contributed by atoms with Gasteiger partial charge in [-0.25, -0.2) is 4.79 Å². The Balaban J connectivity index is 1.73. The summed E-state index contributed by atoms with van der Waals surface area (Å²) in [6, 6.07) is 6.80. The lowest BCUT2D eigenvalue weighted by molar-refractivity contribution is 0.0724. The van der Waals surface area contributed by atoms with Crippen LogP contribution in [-0.2, 0) is 13.0 Å². The number of methoxy groups -OCH3 is 1. The second kappa shape index (κ2) is 5.52. The van der Waals surface area contributed by atoms with Crippen molar-refractivity contribution in [3.8, 4) is 5.75 Å². The summed E-state index contributed by atoms with van der Waals surface area (Å²) < 4.78 is 15.6. The maximum absolute atomic E-state index is 12.7. The summed E-state index contributed by atoms with van der Waals surface area (Å²) in [6.07, 6.45) is 2.18. The Morgan fingerprint density at radius 3 is 3.08 bits per heavy atom. The highest BCUT2D eigenvalue weighted by molar-refractivity contribution is 5.97. The van der Waals surface area contributed by atoms with Gasteiger partial charge in [-0.2, -0.15) is 0 Å². The molecule has 0 fully saturated rings. The highest BCUT2D eigenvalue weighted by atomic mass is 16.5. The minimum absolute atomic E-state index is 0.00987. The van der Waals surface area contributed by atoms with Crippen LogP contribution in [0.4, 0.5) is 0 Å². The average molecular weight is 326 g/mol. The van der Waals surface area contributed by atoms with E-state index < -0.39 is 5.63 Å². The van der Waals surface area contributed by atoms with Crippen molar-refractivity contribution in [2.45, 2.75) is 13.0 Å². The van der Waals surface area contributed by atoms with Crippen LogP contribution in [0.3, 0.4) is 0 Å². The molecular formula is C17H14N2O5. The van der Waals surface area contributed by atoms with Crippen LogP contribution in [0.15, 0.2) is 44.2 Å². The number of amides is 1. The van der Waals surface area contributed by atoms with Crippen molar-refractivity contribution in [3.05, 3.63) is 57.8 Å². The number of aromatic nitrogens is 1. The zero-order valence-corrected chi connectivity index (χ0v) is 12.9. The number of benzene rings is 1. The monoisotopic (exact) mass is 326 g/mol. The summed E-state index contributed by atoms with van der Waals surface area (Å²) in [5.74, 6) is 0.880. The largest absolute Gasteiger partial charge is 0.493 e. The lowest BCUT2D eigenvalue weighted by Crippen LogP contribution is -2.37. The first-order chi connectivity index (χ1) is 11.7. The third kappa shape index (κ3) is 2.25. The molecule has 7 heteroatoms. The fraction of sp³-hybridized carbons (Fsp3) is 0.235. The third-order valence-electron chi connectivity index (χ3n) is 4.16. The van der Waals surface area contributed by atoms with E-state index in [9.17, 15) is 9.59 Å². The van der Waals surface area contributed by atoms with Crippen LogP contribution in [0.2, 0.25) is 0 Å². The van der Waals surface area contributed by atoms with Gasteiger partial charge in [0.05, 0.1) is 19.9 Å². The lowest BCUT2D eigenvalue weighted by atomic mass is 10.1. The number of ether oxygens (including phenoxy) is 1. The number of fused-ring (bicyclic) bond motifs is 2. The first-order valence-corrected chi connectivity index (χ1v) is 7.50. The van der Waals surface area contributed by atoms with E-state index in [0.717, 1.165) is 11.3 Å². The molecule has 0 radical (unpaired) electrons. The van der Waals surface area contributed by atoms with Crippen molar-refractivity contribution in [1.82, 2.24) is 10.1 Å². The summed E-state index contributed by atoms with van der Waals surface area (Å²) >= 11 is 0. The van der Waals surface area contributed by atoms with Crippen molar-refractivity contribution in [2.75, 3.05) is 13.7 Å². The Morgan fingerprint density at radius 1 is 1.38 bits per heavy atom. The molecule has 0 aliphatic carbocycles. The lowest BCUT2D eigenvalue weighted by Gasteiger charge is -2.25. The zero-order valence-electron chi connectivity index (χ0n) is 12.9. The number of carbonyl (C=O) groups excluding carboxylic acids is 1. The molecule has 0 N–H and O–H groups in total. The molecule has 0 spiro atoms. The minimum Gasteiger partial charge on any atom is -0.493 e. The van der Waals surface area contributed by atoms with Crippen LogP contribution in [0, 0.1) is 0 Å². The van der Waals surface area contributed by atoms with Crippen LogP contribution < -0.4 is 10.4 Å². The van der Waals surface area contributed by atoms with Gasteiger partial charge in [-0.05, 0) is 12.1 Å². The molecule has 3 aromatic rings. The summed E-state index contributed by atoms with van der Waals surface area (Å²) in [7, 11) is 1.50. The van der Waals surface area contributed by atoms with Crippen LogP contribution in [-0.4, -0.2) is 29.6 Å². The van der Waals surface area contributed by atoms with Crippen molar-refractivity contribution in [1.29, 1.82) is 0 Å². The second-order valence-corrected chi connectivity index (χ2v) is 5.58. The Hall–Kier alpha value is -3.09. The number of nitrogens with zero attached hydrogens (tertiary/aromatic N) is 2. The van der Waals surface area contributed by atoms with E-state index in [2.05, 4.69) is 5.16 Å². The summed E-state index contributed by atoms with van der Waals surface area (Å²) in [5.41, 5.74) is 0.534. The molecule has 1 aliphatic rings. The highest BCUT2D eigenvalue weighted by Gasteiger charge is 2.26. The summed E-state index contributed by atoms with van der Waals surface area (Å²) in [5, 5.41) is 4.38. The van der Waals surface area contributed by atoms with Crippen molar-refractivity contribution in [3.63, 3.8) is 0 Å². The molecule has 4 rings (SSSR count). The maximum atomic E-state index is 12.7. The number of para-hydroxylation sites is 1. The molecule has 7 nitrogen and oxygen atoms in total. The molecule has 1 amide bonds. The van der Waals surface area contributed by atoms with Gasteiger partial charge in [0.2, 0.25) is 0 Å². The summed E-state index contributed by atoms with van der Waals surface area (Å²) in [4.78, 5) is 26.6. The van der Waals surface area contributed by atoms with E-state index in [1.807, 2.05) is 0 Å². The molecule has 0 bridgehead atoms. The normalized spacial score (nSPS) is 13.8. The molecular weight excluding hydrogens is 312 g/mol. The van der Waals surface area contributed by atoms with Gasteiger partial charge in [0.15, 0.2) is 11.3 Å². The van der Waals surface area contributed by atoms with Gasteiger partial charge in [0.25, 0.3) is 5.91 Å². The zero-order chi connectivity index (χ0) is 16.7. The first kappa shape index (κ1) is 14.5. The van der Waals surface area contributed by atoms with Gasteiger partial charge in [-0.15, -0.1) is 0 Å². The molecule has 0 saturated carbocycles. The predicted octanol–water partition coefficient (Wildman–Crippen LogP) is 1.99. The molecule has 1 aromatic carbocycles.